The summed E-state index contributed by atoms with van der Waals surface area (Å²) < 4.78 is 4.93. The van der Waals surface area contributed by atoms with E-state index in [-0.39, 0.29) is 17.3 Å². The molecule has 8 N–H and O–H groups in total. The van der Waals surface area contributed by atoms with E-state index in [1.54, 1.807) is 0 Å². The number of esters is 1. The van der Waals surface area contributed by atoms with Crippen molar-refractivity contribution in [2.75, 3.05) is 0 Å². The van der Waals surface area contributed by atoms with E-state index in [0.717, 1.165) is 6.20 Å². The van der Waals surface area contributed by atoms with Crippen molar-refractivity contribution in [3.05, 3.63) is 42.1 Å². The minimum atomic E-state index is -1.52. The number of carbonyl (C=O) groups excluding carboxylic acids is 1. The van der Waals surface area contributed by atoms with E-state index in [9.17, 15) is 19.8 Å². The molecule has 0 spiro atoms. The highest BCUT2D eigenvalue weighted by atomic mass is 16.5. The molecule has 0 saturated heterocycles. The Hall–Kier alpha value is -2.86. The van der Waals surface area contributed by atoms with Crippen LogP contribution in [0.4, 0.5) is 0 Å². The zero-order valence-corrected chi connectivity index (χ0v) is 12.8. The van der Waals surface area contributed by atoms with Crippen LogP contribution in [0, 0.1) is 0 Å². The lowest BCUT2D eigenvalue weighted by Gasteiger charge is -2.16. The molecule has 0 unspecified atom stereocenters. The first kappa shape index (κ1) is 18.5. The van der Waals surface area contributed by atoms with Gasteiger partial charge in [0.2, 0.25) is 5.88 Å². The molecule has 0 amide bonds. The number of aliphatic hydroxyl groups excluding tert-OH is 2. The van der Waals surface area contributed by atoms with E-state index in [4.69, 9.17) is 21.3 Å². The molecule has 0 fully saturated rings. The number of ether oxygens (including phenoxy) is 1. The minimum absolute atomic E-state index is 0.110. The second kappa shape index (κ2) is 7.81. The Kier molecular flexibility index (Phi) is 5.77. The lowest BCUT2D eigenvalue weighted by atomic mass is 10.1. The van der Waals surface area contributed by atoms with Gasteiger partial charge in [-0.1, -0.05) is 0 Å². The molecule has 2 heterocycles. The van der Waals surface area contributed by atoms with E-state index in [0.29, 0.717) is 0 Å². The monoisotopic (exact) mass is 351 g/mol. The SMILES string of the molecule is N[C@H](C(=O)O)[C@H](O)c1ccc(OC(=O)[C@@H](N)[C@H](O)c2ncc[nH]2)nc1. The molecule has 0 aliphatic carbocycles. The summed E-state index contributed by atoms with van der Waals surface area (Å²) in [6, 6.07) is -0.389. The zero-order chi connectivity index (χ0) is 18.6. The fourth-order valence-corrected chi connectivity index (χ4v) is 1.88. The van der Waals surface area contributed by atoms with E-state index >= 15 is 0 Å². The Labute approximate surface area is 141 Å². The first-order valence-electron chi connectivity index (χ1n) is 7.08. The van der Waals surface area contributed by atoms with Gasteiger partial charge in [-0.3, -0.25) is 4.79 Å². The molecule has 2 aromatic heterocycles. The summed E-state index contributed by atoms with van der Waals surface area (Å²) in [7, 11) is 0. The number of carbonyl (C=O) groups is 2. The smallest absolute Gasteiger partial charge is 0.332 e. The van der Waals surface area contributed by atoms with Gasteiger partial charge in [0.1, 0.15) is 30.1 Å². The average Bonchev–Trinajstić information content (AvgIpc) is 3.14. The van der Waals surface area contributed by atoms with Crippen molar-refractivity contribution < 1.29 is 29.6 Å². The first-order chi connectivity index (χ1) is 11.8. The maximum Gasteiger partial charge on any atom is 0.332 e. The second-order valence-corrected chi connectivity index (χ2v) is 5.10. The molecule has 0 radical (unpaired) electrons. The molecule has 25 heavy (non-hydrogen) atoms. The summed E-state index contributed by atoms with van der Waals surface area (Å²) >= 11 is 0. The molecule has 2 rings (SSSR count). The van der Waals surface area contributed by atoms with Crippen molar-refractivity contribution in [3.63, 3.8) is 0 Å². The number of pyridine rings is 1. The van der Waals surface area contributed by atoms with Gasteiger partial charge >= 0.3 is 11.9 Å². The summed E-state index contributed by atoms with van der Waals surface area (Å²) in [5, 5.41) is 28.5. The van der Waals surface area contributed by atoms with E-state index in [1.165, 1.54) is 24.5 Å². The van der Waals surface area contributed by atoms with Crippen LogP contribution in [0.1, 0.15) is 23.6 Å². The number of rotatable bonds is 7. The Bertz CT molecular complexity index is 720. The van der Waals surface area contributed by atoms with Crippen LogP contribution in [0.15, 0.2) is 30.7 Å². The number of aliphatic hydroxyl groups is 2. The number of aromatic nitrogens is 3. The van der Waals surface area contributed by atoms with Crippen LogP contribution >= 0.6 is 0 Å². The number of nitrogens with two attached hydrogens (primary N) is 2. The van der Waals surface area contributed by atoms with Crippen molar-refractivity contribution in [2.45, 2.75) is 24.3 Å². The van der Waals surface area contributed by atoms with Gasteiger partial charge in [0.15, 0.2) is 0 Å². The van der Waals surface area contributed by atoms with Gasteiger partial charge in [0, 0.05) is 30.2 Å². The predicted molar refractivity (Wildman–Crippen MR) is 82.0 cm³/mol. The van der Waals surface area contributed by atoms with Crippen LogP contribution in [0.3, 0.4) is 0 Å². The van der Waals surface area contributed by atoms with Gasteiger partial charge < -0.3 is 36.5 Å². The van der Waals surface area contributed by atoms with Gasteiger partial charge in [-0.15, -0.1) is 0 Å². The van der Waals surface area contributed by atoms with Gasteiger partial charge in [0.05, 0.1) is 0 Å². The van der Waals surface area contributed by atoms with Gasteiger partial charge in [0.25, 0.3) is 0 Å². The molecule has 4 atom stereocenters. The standard InChI is InChI=1S/C14H17N5O6/c15-8(13(22)23)10(20)6-1-2-7(19-5-6)25-14(24)9(16)11(21)12-17-3-4-18-12/h1-5,8-11,20-21H,15-16H2,(H,17,18)(H,22,23)/t8-,9-,10+,11-/m0/s1. The maximum atomic E-state index is 11.9. The summed E-state index contributed by atoms with van der Waals surface area (Å²) in [5.74, 6) is -2.36. The summed E-state index contributed by atoms with van der Waals surface area (Å²) in [6.07, 6.45) is 1.11. The van der Waals surface area contributed by atoms with Crippen LogP contribution in [0.5, 0.6) is 5.88 Å². The fraction of sp³-hybridized carbons (Fsp3) is 0.286. The quantitative estimate of drug-likeness (QED) is 0.310. The van der Waals surface area contributed by atoms with E-state index < -0.39 is 36.2 Å². The molecule has 0 aliphatic rings. The third-order valence-corrected chi connectivity index (χ3v) is 3.34. The molecule has 2 aromatic rings. The average molecular weight is 351 g/mol. The van der Waals surface area contributed by atoms with Crippen molar-refractivity contribution >= 4 is 11.9 Å². The number of carboxylic acids is 1. The summed E-state index contributed by atoms with van der Waals surface area (Å²) in [4.78, 5) is 32.9. The number of nitrogens with zero attached hydrogens (tertiary/aromatic N) is 2. The topological polar surface area (TPSA) is 198 Å². The molecular weight excluding hydrogens is 334 g/mol. The van der Waals surface area contributed by atoms with E-state index in [2.05, 4.69) is 15.0 Å². The lowest BCUT2D eigenvalue weighted by Crippen LogP contribution is -2.40. The summed E-state index contributed by atoms with van der Waals surface area (Å²) in [5.41, 5.74) is 11.1. The van der Waals surface area contributed by atoms with Crippen LogP contribution < -0.4 is 16.2 Å². The first-order valence-corrected chi connectivity index (χ1v) is 7.08. The molecule has 0 saturated carbocycles. The normalized spacial score (nSPS) is 15.8. The van der Waals surface area contributed by atoms with Crippen LogP contribution in [-0.4, -0.2) is 54.3 Å². The fourth-order valence-electron chi connectivity index (χ4n) is 1.88. The Balaban J connectivity index is 2.01. The third-order valence-electron chi connectivity index (χ3n) is 3.34. The Morgan fingerprint density at radius 3 is 2.36 bits per heavy atom. The number of hydrogen-bond donors (Lipinski definition) is 6. The zero-order valence-electron chi connectivity index (χ0n) is 12.8. The van der Waals surface area contributed by atoms with E-state index in [1.807, 2.05) is 0 Å². The maximum absolute atomic E-state index is 11.9. The molecule has 0 aliphatic heterocycles. The highest BCUT2D eigenvalue weighted by Crippen LogP contribution is 2.18. The van der Waals surface area contributed by atoms with Gasteiger partial charge in [-0.05, 0) is 6.07 Å². The second-order valence-electron chi connectivity index (χ2n) is 5.10. The molecule has 0 aromatic carbocycles. The number of H-pyrrole nitrogens is 1. The number of carboxylic acid groups (broad SMARTS) is 1. The predicted octanol–water partition coefficient (Wildman–Crippen LogP) is -1.78. The summed E-state index contributed by atoms with van der Waals surface area (Å²) in [6.45, 7) is 0. The highest BCUT2D eigenvalue weighted by molar-refractivity contribution is 5.78. The molecule has 0 bridgehead atoms. The van der Waals surface area contributed by atoms with Crippen LogP contribution in [0.25, 0.3) is 0 Å². The van der Waals surface area contributed by atoms with Crippen molar-refractivity contribution in [1.29, 1.82) is 0 Å². The minimum Gasteiger partial charge on any atom is -0.480 e. The van der Waals surface area contributed by atoms with Gasteiger partial charge in [-0.25, -0.2) is 14.8 Å². The van der Waals surface area contributed by atoms with Crippen molar-refractivity contribution in [1.82, 2.24) is 15.0 Å². The van der Waals surface area contributed by atoms with Crippen molar-refractivity contribution in [2.24, 2.45) is 11.5 Å². The highest BCUT2D eigenvalue weighted by Gasteiger charge is 2.28. The lowest BCUT2D eigenvalue weighted by molar-refractivity contribution is -0.141. The molecule has 11 nitrogen and oxygen atoms in total. The Morgan fingerprint density at radius 1 is 1.12 bits per heavy atom. The third kappa shape index (κ3) is 4.36. The number of imidazole rings is 1. The molecular formula is C14H17N5O6. The van der Waals surface area contributed by atoms with Crippen molar-refractivity contribution in [3.8, 4) is 5.88 Å². The number of nitrogens with one attached hydrogen (secondary N) is 1. The number of aliphatic carboxylic acids is 1. The van der Waals surface area contributed by atoms with Crippen LogP contribution in [-0.2, 0) is 9.59 Å². The Morgan fingerprint density at radius 2 is 1.84 bits per heavy atom. The number of aromatic amines is 1. The molecule has 134 valence electrons. The van der Waals surface area contributed by atoms with Gasteiger partial charge in [-0.2, -0.15) is 0 Å². The molecule has 11 heteroatoms. The van der Waals surface area contributed by atoms with Crippen LogP contribution in [0.2, 0.25) is 0 Å². The number of hydrogen-bond acceptors (Lipinski definition) is 9. The largest absolute Gasteiger partial charge is 0.480 e.